The first-order chi connectivity index (χ1) is 13.4. The van der Waals surface area contributed by atoms with Crippen LogP contribution in [0.15, 0.2) is 53.2 Å². The largest absolute Gasteiger partial charge is 0.493 e. The number of carbonyl (C=O) groups excluding carboxylic acids is 2. The van der Waals surface area contributed by atoms with E-state index in [1.165, 1.54) is 50.4 Å². The lowest BCUT2D eigenvalue weighted by molar-refractivity contribution is -0.384. The highest BCUT2D eigenvalue weighted by molar-refractivity contribution is 6.12. The maximum absolute atomic E-state index is 12.1. The molecule has 0 saturated carbocycles. The average Bonchev–Trinajstić information content (AvgIpc) is 3.02. The highest BCUT2D eigenvalue weighted by atomic mass is 16.6. The minimum absolute atomic E-state index is 0.0345. The topological polar surface area (TPSA) is 117 Å². The van der Waals surface area contributed by atoms with E-state index in [1.54, 1.807) is 12.1 Å². The van der Waals surface area contributed by atoms with E-state index in [0.29, 0.717) is 16.9 Å². The summed E-state index contributed by atoms with van der Waals surface area (Å²) in [6, 6.07) is 10.3. The third-order valence-electron chi connectivity index (χ3n) is 3.69. The summed E-state index contributed by atoms with van der Waals surface area (Å²) in [6.07, 6.45) is 1.47. The van der Waals surface area contributed by atoms with Crippen molar-refractivity contribution < 1.29 is 28.7 Å². The fraction of sp³-hybridized carbons (Fsp3) is 0.105. The van der Waals surface area contributed by atoms with Crippen molar-refractivity contribution >= 4 is 29.6 Å². The molecule has 3 rings (SSSR count). The number of esters is 2. The van der Waals surface area contributed by atoms with E-state index in [0.717, 1.165) is 0 Å². The molecule has 142 valence electrons. The second-order valence-electron chi connectivity index (χ2n) is 5.64. The Morgan fingerprint density at radius 1 is 1.18 bits per heavy atom. The van der Waals surface area contributed by atoms with Crippen LogP contribution in [0.25, 0.3) is 6.08 Å². The molecule has 2 aromatic carbocycles. The lowest BCUT2D eigenvalue weighted by atomic mass is 10.1. The molecule has 9 nitrogen and oxygen atoms in total. The monoisotopic (exact) mass is 382 g/mol. The second-order valence-corrected chi connectivity index (χ2v) is 5.64. The van der Waals surface area contributed by atoms with Crippen LogP contribution in [0, 0.1) is 10.1 Å². The molecule has 9 heteroatoms. The first-order valence-corrected chi connectivity index (χ1v) is 8.01. The van der Waals surface area contributed by atoms with Gasteiger partial charge in [-0.3, -0.25) is 14.9 Å². The van der Waals surface area contributed by atoms with Crippen molar-refractivity contribution in [3.05, 3.63) is 69.4 Å². The Kier molecular flexibility index (Phi) is 5.16. The van der Waals surface area contributed by atoms with Crippen molar-refractivity contribution in [2.45, 2.75) is 6.92 Å². The quantitative estimate of drug-likeness (QED) is 0.256. The van der Waals surface area contributed by atoms with Gasteiger partial charge in [0.25, 0.3) is 5.69 Å². The van der Waals surface area contributed by atoms with Gasteiger partial charge in [-0.2, -0.15) is 0 Å². The van der Waals surface area contributed by atoms with Gasteiger partial charge in [0.1, 0.15) is 0 Å². The van der Waals surface area contributed by atoms with Crippen LogP contribution in [0.5, 0.6) is 11.5 Å². The SMILES string of the molecule is COc1ccc(/C=C2/N=C(c3ccc([N+](=O)[O-])cc3)OC2=O)cc1OC(C)=O. The summed E-state index contributed by atoms with van der Waals surface area (Å²) in [4.78, 5) is 37.7. The van der Waals surface area contributed by atoms with Gasteiger partial charge < -0.3 is 14.2 Å². The summed E-state index contributed by atoms with van der Waals surface area (Å²) in [5.74, 6) is -0.573. The van der Waals surface area contributed by atoms with Crippen LogP contribution >= 0.6 is 0 Å². The summed E-state index contributed by atoms with van der Waals surface area (Å²) in [5, 5.41) is 10.7. The van der Waals surface area contributed by atoms with Crippen molar-refractivity contribution in [2.75, 3.05) is 7.11 Å². The molecule has 0 aliphatic carbocycles. The molecule has 0 N–H and O–H groups in total. The number of nitro benzene ring substituents is 1. The Balaban J connectivity index is 1.90. The van der Waals surface area contributed by atoms with Gasteiger partial charge in [-0.15, -0.1) is 0 Å². The predicted molar refractivity (Wildman–Crippen MR) is 98.0 cm³/mol. The van der Waals surface area contributed by atoms with Gasteiger partial charge in [0, 0.05) is 24.6 Å². The van der Waals surface area contributed by atoms with E-state index in [-0.39, 0.29) is 23.0 Å². The summed E-state index contributed by atoms with van der Waals surface area (Å²) >= 11 is 0. The number of nitro groups is 1. The number of non-ortho nitro benzene ring substituents is 1. The molecule has 0 radical (unpaired) electrons. The summed E-state index contributed by atoms with van der Waals surface area (Å²) < 4.78 is 15.4. The van der Waals surface area contributed by atoms with Gasteiger partial charge in [-0.05, 0) is 35.9 Å². The first-order valence-electron chi connectivity index (χ1n) is 8.01. The standard InChI is InChI=1S/C19H14N2O7/c1-11(22)27-17-10-12(3-8-16(17)26-2)9-15-19(23)28-18(20-15)13-4-6-14(7-5-13)21(24)25/h3-10H,1-2H3/b15-9+. The van der Waals surface area contributed by atoms with Crippen LogP contribution in [0.1, 0.15) is 18.1 Å². The molecule has 0 atom stereocenters. The molecular weight excluding hydrogens is 368 g/mol. The Hall–Kier alpha value is -4.01. The molecule has 1 aliphatic rings. The number of ether oxygens (including phenoxy) is 3. The zero-order valence-electron chi connectivity index (χ0n) is 14.9. The van der Waals surface area contributed by atoms with E-state index in [2.05, 4.69) is 4.99 Å². The van der Waals surface area contributed by atoms with Gasteiger partial charge >= 0.3 is 11.9 Å². The maximum atomic E-state index is 12.1. The van der Waals surface area contributed by atoms with Gasteiger partial charge in [0.2, 0.25) is 5.90 Å². The summed E-state index contributed by atoms with van der Waals surface area (Å²) in [6.45, 7) is 1.26. The summed E-state index contributed by atoms with van der Waals surface area (Å²) in [7, 11) is 1.44. The molecular formula is C19H14N2O7. The van der Waals surface area contributed by atoms with E-state index in [9.17, 15) is 19.7 Å². The number of hydrogen-bond acceptors (Lipinski definition) is 8. The van der Waals surface area contributed by atoms with Crippen LogP contribution < -0.4 is 9.47 Å². The average molecular weight is 382 g/mol. The van der Waals surface area contributed by atoms with Crippen LogP contribution in [-0.4, -0.2) is 29.9 Å². The van der Waals surface area contributed by atoms with Crippen LogP contribution in [0.3, 0.4) is 0 Å². The molecule has 1 aliphatic heterocycles. The van der Waals surface area contributed by atoms with Gasteiger partial charge in [0.15, 0.2) is 17.2 Å². The highest BCUT2D eigenvalue weighted by Gasteiger charge is 2.24. The predicted octanol–water partition coefficient (Wildman–Crippen LogP) is 2.87. The maximum Gasteiger partial charge on any atom is 0.363 e. The van der Waals surface area contributed by atoms with Crippen molar-refractivity contribution in [3.63, 3.8) is 0 Å². The van der Waals surface area contributed by atoms with Crippen LogP contribution in [0.2, 0.25) is 0 Å². The number of nitrogens with zero attached hydrogens (tertiary/aromatic N) is 2. The van der Waals surface area contributed by atoms with Crippen molar-refractivity contribution in [1.82, 2.24) is 0 Å². The number of methoxy groups -OCH3 is 1. The normalized spacial score (nSPS) is 14.4. The lowest BCUT2D eigenvalue weighted by Crippen LogP contribution is -2.05. The molecule has 0 bridgehead atoms. The summed E-state index contributed by atoms with van der Waals surface area (Å²) in [5.41, 5.74) is 0.920. The number of aliphatic imine (C=N–C) groups is 1. The van der Waals surface area contributed by atoms with E-state index in [4.69, 9.17) is 14.2 Å². The molecule has 0 aromatic heterocycles. The number of cyclic esters (lactones) is 1. The van der Waals surface area contributed by atoms with Crippen molar-refractivity contribution in [2.24, 2.45) is 4.99 Å². The van der Waals surface area contributed by atoms with Gasteiger partial charge in [-0.1, -0.05) is 6.07 Å². The van der Waals surface area contributed by atoms with Crippen LogP contribution in [0.4, 0.5) is 5.69 Å². The molecule has 0 saturated heterocycles. The van der Waals surface area contributed by atoms with Gasteiger partial charge in [0.05, 0.1) is 12.0 Å². The molecule has 0 amide bonds. The fourth-order valence-electron chi connectivity index (χ4n) is 2.43. The molecule has 0 unspecified atom stereocenters. The Bertz CT molecular complexity index is 1020. The minimum Gasteiger partial charge on any atom is -0.493 e. The van der Waals surface area contributed by atoms with Crippen molar-refractivity contribution in [1.29, 1.82) is 0 Å². The van der Waals surface area contributed by atoms with E-state index >= 15 is 0 Å². The number of hydrogen-bond donors (Lipinski definition) is 0. The Labute approximate surface area is 159 Å². The van der Waals surface area contributed by atoms with E-state index in [1.807, 2.05) is 0 Å². The zero-order chi connectivity index (χ0) is 20.3. The highest BCUT2D eigenvalue weighted by Crippen LogP contribution is 2.30. The molecule has 0 fully saturated rings. The molecule has 1 heterocycles. The smallest absolute Gasteiger partial charge is 0.363 e. The minimum atomic E-state index is -0.668. The molecule has 2 aromatic rings. The molecule has 28 heavy (non-hydrogen) atoms. The Morgan fingerprint density at radius 2 is 1.89 bits per heavy atom. The zero-order valence-corrected chi connectivity index (χ0v) is 14.9. The second kappa shape index (κ2) is 7.70. The van der Waals surface area contributed by atoms with Crippen molar-refractivity contribution in [3.8, 4) is 11.5 Å². The Morgan fingerprint density at radius 3 is 2.50 bits per heavy atom. The fourth-order valence-corrected chi connectivity index (χ4v) is 2.43. The number of benzene rings is 2. The van der Waals surface area contributed by atoms with E-state index < -0.39 is 16.9 Å². The number of rotatable bonds is 5. The first kappa shape index (κ1) is 18.8. The lowest BCUT2D eigenvalue weighted by Gasteiger charge is -2.08. The third-order valence-corrected chi connectivity index (χ3v) is 3.69. The third kappa shape index (κ3) is 4.04. The molecule has 0 spiro atoms. The number of carbonyl (C=O) groups is 2. The van der Waals surface area contributed by atoms with Crippen LogP contribution in [-0.2, 0) is 14.3 Å². The van der Waals surface area contributed by atoms with Gasteiger partial charge in [-0.25, -0.2) is 9.79 Å².